The van der Waals surface area contributed by atoms with Gasteiger partial charge >= 0.3 is 5.97 Å². The lowest BCUT2D eigenvalue weighted by atomic mass is 9.97. The van der Waals surface area contributed by atoms with Gasteiger partial charge in [-0.15, -0.1) is 12.4 Å². The minimum atomic E-state index is -0.875. The number of carboxylic acids is 1. The highest BCUT2D eigenvalue weighted by atomic mass is 35.5. The molecule has 0 aliphatic heterocycles. The molecule has 0 amide bonds. The number of aliphatic carboxylic acids is 1. The van der Waals surface area contributed by atoms with E-state index in [1.807, 2.05) is 42.5 Å². The highest BCUT2D eigenvalue weighted by Gasteiger charge is 2.12. The summed E-state index contributed by atoms with van der Waals surface area (Å²) in [7, 11) is 0. The highest BCUT2D eigenvalue weighted by molar-refractivity contribution is 5.86. The predicted octanol–water partition coefficient (Wildman–Crippen LogP) is 2.74. The van der Waals surface area contributed by atoms with E-state index in [1.54, 1.807) is 0 Å². The van der Waals surface area contributed by atoms with E-state index in [4.69, 9.17) is 10.8 Å². The van der Waals surface area contributed by atoms with Crippen LogP contribution < -0.4 is 5.73 Å². The summed E-state index contributed by atoms with van der Waals surface area (Å²) in [6, 6.07) is 13.2. The zero-order chi connectivity index (χ0) is 11.5. The van der Waals surface area contributed by atoms with Gasteiger partial charge in [-0.25, -0.2) is 0 Å². The van der Waals surface area contributed by atoms with Crippen LogP contribution in [0.3, 0.4) is 0 Å². The second-order valence-electron chi connectivity index (χ2n) is 3.77. The first-order chi connectivity index (χ1) is 7.68. The Morgan fingerprint density at radius 2 is 1.82 bits per heavy atom. The number of nitrogens with two attached hydrogens (primary N) is 1. The lowest BCUT2D eigenvalue weighted by Gasteiger charge is -2.12. The largest absolute Gasteiger partial charge is 0.481 e. The fraction of sp³-hybridized carbons (Fsp3) is 0.154. The van der Waals surface area contributed by atoms with Crippen LogP contribution in [0.4, 0.5) is 0 Å². The number of hydrogen-bond acceptors (Lipinski definition) is 2. The number of carbonyl (C=O) groups is 1. The first-order valence-corrected chi connectivity index (χ1v) is 5.13. The van der Waals surface area contributed by atoms with E-state index in [0.717, 1.165) is 16.3 Å². The normalized spacial score (nSPS) is 11.8. The Hall–Kier alpha value is -1.58. The molecule has 0 spiro atoms. The van der Waals surface area contributed by atoms with E-state index in [0.29, 0.717) is 0 Å². The van der Waals surface area contributed by atoms with Gasteiger partial charge in [0.2, 0.25) is 0 Å². The van der Waals surface area contributed by atoms with Crippen LogP contribution in [0.15, 0.2) is 42.5 Å². The minimum absolute atomic E-state index is 0. The second kappa shape index (κ2) is 5.66. The van der Waals surface area contributed by atoms with Crippen molar-refractivity contribution < 1.29 is 9.90 Å². The summed E-state index contributed by atoms with van der Waals surface area (Å²) in [5.74, 6) is -0.875. The van der Waals surface area contributed by atoms with Crippen molar-refractivity contribution in [2.45, 2.75) is 12.5 Å². The fourth-order valence-electron chi connectivity index (χ4n) is 1.87. The summed E-state index contributed by atoms with van der Waals surface area (Å²) >= 11 is 0. The molecule has 0 fully saturated rings. The molecule has 17 heavy (non-hydrogen) atoms. The summed E-state index contributed by atoms with van der Waals surface area (Å²) < 4.78 is 0. The van der Waals surface area contributed by atoms with E-state index in [2.05, 4.69) is 0 Å². The van der Waals surface area contributed by atoms with Crippen LogP contribution in [0.5, 0.6) is 0 Å². The van der Waals surface area contributed by atoms with Crippen LogP contribution in [0, 0.1) is 0 Å². The monoisotopic (exact) mass is 251 g/mol. The SMILES string of the molecule is Cl.N[C@@H](CC(=O)O)c1cccc2ccccc12. The molecule has 0 unspecified atom stereocenters. The summed E-state index contributed by atoms with van der Waals surface area (Å²) in [6.07, 6.45) is -0.0476. The molecule has 4 heteroatoms. The van der Waals surface area contributed by atoms with Gasteiger partial charge in [0.15, 0.2) is 0 Å². The van der Waals surface area contributed by atoms with Crippen LogP contribution in [-0.4, -0.2) is 11.1 Å². The first-order valence-electron chi connectivity index (χ1n) is 5.13. The minimum Gasteiger partial charge on any atom is -0.481 e. The molecule has 0 radical (unpaired) electrons. The van der Waals surface area contributed by atoms with Gasteiger partial charge in [0, 0.05) is 6.04 Å². The van der Waals surface area contributed by atoms with Crippen LogP contribution in [0.1, 0.15) is 18.0 Å². The van der Waals surface area contributed by atoms with Crippen LogP contribution >= 0.6 is 12.4 Å². The number of rotatable bonds is 3. The quantitative estimate of drug-likeness (QED) is 0.882. The second-order valence-corrected chi connectivity index (χ2v) is 3.77. The van der Waals surface area contributed by atoms with Crippen molar-refractivity contribution in [1.82, 2.24) is 0 Å². The fourth-order valence-corrected chi connectivity index (χ4v) is 1.87. The lowest BCUT2D eigenvalue weighted by molar-refractivity contribution is -0.137. The molecular weight excluding hydrogens is 238 g/mol. The van der Waals surface area contributed by atoms with Gasteiger partial charge in [0.1, 0.15) is 0 Å². The summed E-state index contributed by atoms with van der Waals surface area (Å²) in [4.78, 5) is 10.6. The molecule has 3 N–H and O–H groups in total. The molecule has 0 saturated heterocycles. The smallest absolute Gasteiger partial charge is 0.305 e. The topological polar surface area (TPSA) is 63.3 Å². The van der Waals surface area contributed by atoms with Crippen molar-refractivity contribution in [3.8, 4) is 0 Å². The Balaban J connectivity index is 0.00000144. The Labute approximate surface area is 106 Å². The van der Waals surface area contributed by atoms with Crippen molar-refractivity contribution in [3.05, 3.63) is 48.0 Å². The number of benzene rings is 2. The van der Waals surface area contributed by atoms with Crippen molar-refractivity contribution in [1.29, 1.82) is 0 Å². The lowest BCUT2D eigenvalue weighted by Crippen LogP contribution is -2.15. The van der Waals surface area contributed by atoms with Gasteiger partial charge in [-0.3, -0.25) is 4.79 Å². The third-order valence-electron chi connectivity index (χ3n) is 2.62. The molecule has 3 nitrogen and oxygen atoms in total. The van der Waals surface area contributed by atoms with Gasteiger partial charge in [-0.1, -0.05) is 42.5 Å². The average molecular weight is 252 g/mol. The van der Waals surface area contributed by atoms with Crippen LogP contribution in [0.25, 0.3) is 10.8 Å². The zero-order valence-electron chi connectivity index (χ0n) is 9.17. The Morgan fingerprint density at radius 3 is 2.53 bits per heavy atom. The maximum Gasteiger partial charge on any atom is 0.305 e. The molecule has 90 valence electrons. The molecule has 2 aromatic carbocycles. The molecular formula is C13H14ClNO2. The Bertz CT molecular complexity index is 522. The van der Waals surface area contributed by atoms with Crippen LogP contribution in [-0.2, 0) is 4.79 Å². The molecule has 0 bridgehead atoms. The van der Waals surface area contributed by atoms with Crippen molar-refractivity contribution in [3.63, 3.8) is 0 Å². The van der Waals surface area contributed by atoms with E-state index < -0.39 is 12.0 Å². The molecule has 2 aromatic rings. The highest BCUT2D eigenvalue weighted by Crippen LogP contribution is 2.24. The third kappa shape index (κ3) is 2.96. The van der Waals surface area contributed by atoms with E-state index >= 15 is 0 Å². The number of fused-ring (bicyclic) bond motifs is 1. The summed E-state index contributed by atoms with van der Waals surface area (Å²) in [5.41, 5.74) is 6.77. The van der Waals surface area contributed by atoms with Gasteiger partial charge < -0.3 is 10.8 Å². The zero-order valence-corrected chi connectivity index (χ0v) is 9.98. The molecule has 1 atom stereocenters. The first kappa shape index (κ1) is 13.5. The van der Waals surface area contributed by atoms with Gasteiger partial charge in [0.05, 0.1) is 6.42 Å². The van der Waals surface area contributed by atoms with E-state index in [9.17, 15) is 4.79 Å². The van der Waals surface area contributed by atoms with E-state index in [1.165, 1.54) is 0 Å². The number of carboxylic acid groups (broad SMARTS) is 1. The maximum atomic E-state index is 10.6. The summed E-state index contributed by atoms with van der Waals surface area (Å²) in [6.45, 7) is 0. The van der Waals surface area contributed by atoms with Crippen molar-refractivity contribution in [2.75, 3.05) is 0 Å². The number of halogens is 1. The molecule has 0 aliphatic rings. The Kier molecular flexibility index (Phi) is 4.49. The molecule has 0 heterocycles. The molecule has 0 aliphatic carbocycles. The molecule has 2 rings (SSSR count). The van der Waals surface area contributed by atoms with Gasteiger partial charge in [0.25, 0.3) is 0 Å². The number of hydrogen-bond donors (Lipinski definition) is 2. The molecule has 0 saturated carbocycles. The maximum absolute atomic E-state index is 10.6. The predicted molar refractivity (Wildman–Crippen MR) is 70.4 cm³/mol. The van der Waals surface area contributed by atoms with Gasteiger partial charge in [-0.05, 0) is 16.3 Å². The summed E-state index contributed by atoms with van der Waals surface area (Å²) in [5, 5.41) is 10.8. The van der Waals surface area contributed by atoms with E-state index in [-0.39, 0.29) is 18.8 Å². The van der Waals surface area contributed by atoms with Crippen LogP contribution in [0.2, 0.25) is 0 Å². The average Bonchev–Trinajstić information content (AvgIpc) is 2.27. The van der Waals surface area contributed by atoms with Crippen molar-refractivity contribution in [2.24, 2.45) is 5.73 Å². The Morgan fingerprint density at radius 1 is 1.18 bits per heavy atom. The third-order valence-corrected chi connectivity index (χ3v) is 2.62. The van der Waals surface area contributed by atoms with Crippen molar-refractivity contribution >= 4 is 29.1 Å². The van der Waals surface area contributed by atoms with Gasteiger partial charge in [-0.2, -0.15) is 0 Å². The standard InChI is InChI=1S/C13H13NO2.ClH/c14-12(8-13(15)16)11-7-3-5-9-4-1-2-6-10(9)11;/h1-7,12H,8,14H2,(H,15,16);1H/t12-;/m0./s1. The molecule has 0 aromatic heterocycles.